The van der Waals surface area contributed by atoms with Gasteiger partial charge in [0.05, 0.1) is 17.1 Å². The van der Waals surface area contributed by atoms with Crippen molar-refractivity contribution in [3.8, 4) is 16.9 Å². The molecule has 0 fully saturated rings. The number of imidazole rings is 1. The molecule has 2 unspecified atom stereocenters. The summed E-state index contributed by atoms with van der Waals surface area (Å²) in [6, 6.07) is 23.2. The number of aromatic nitrogens is 2. The van der Waals surface area contributed by atoms with E-state index in [0.717, 1.165) is 44.4 Å². The van der Waals surface area contributed by atoms with Crippen LogP contribution in [0.1, 0.15) is 44.3 Å². The number of nitrogens with zero attached hydrogens (tertiary/aromatic N) is 2. The molecule has 3 aromatic carbocycles. The molecule has 0 aliphatic rings. The normalized spacial score (nSPS) is 13.0. The summed E-state index contributed by atoms with van der Waals surface area (Å²) in [5, 5.41) is 10.6. The van der Waals surface area contributed by atoms with Crippen molar-refractivity contribution in [3.05, 3.63) is 84.2 Å². The van der Waals surface area contributed by atoms with Gasteiger partial charge in [0.15, 0.2) is 6.10 Å². The van der Waals surface area contributed by atoms with Gasteiger partial charge in [-0.3, -0.25) is 10.0 Å². The van der Waals surface area contributed by atoms with E-state index in [9.17, 15) is 10.0 Å². The highest BCUT2D eigenvalue weighted by Crippen LogP contribution is 2.28. The standard InChI is InChI=1S/C25H25N3O3/c1-16(28(30)18(3)29)19-8-10-20(11-9-19)21-12-14-22(15-13-21)31-17(2)25-26-23-6-4-5-7-24(23)27-25/h4-17,30H,1-3H3,(H,26,27). The summed E-state index contributed by atoms with van der Waals surface area (Å²) < 4.78 is 6.06. The van der Waals surface area contributed by atoms with Crippen LogP contribution in [0.5, 0.6) is 5.75 Å². The summed E-state index contributed by atoms with van der Waals surface area (Å²) in [6.07, 6.45) is -0.207. The van der Waals surface area contributed by atoms with Crippen molar-refractivity contribution < 1.29 is 14.7 Å². The van der Waals surface area contributed by atoms with E-state index in [-0.39, 0.29) is 12.0 Å². The summed E-state index contributed by atoms with van der Waals surface area (Å²) in [5.41, 5.74) is 4.87. The number of fused-ring (bicyclic) bond motifs is 1. The summed E-state index contributed by atoms with van der Waals surface area (Å²) in [5.74, 6) is 1.17. The number of amides is 1. The number of benzene rings is 3. The van der Waals surface area contributed by atoms with Gasteiger partial charge in [0.1, 0.15) is 11.6 Å². The summed E-state index contributed by atoms with van der Waals surface area (Å²) >= 11 is 0. The fourth-order valence-electron chi connectivity index (χ4n) is 3.52. The van der Waals surface area contributed by atoms with E-state index < -0.39 is 6.04 Å². The van der Waals surface area contributed by atoms with Crippen molar-refractivity contribution in [1.29, 1.82) is 0 Å². The molecule has 2 N–H and O–H groups in total. The molecule has 4 aromatic rings. The van der Waals surface area contributed by atoms with Crippen LogP contribution in [0, 0.1) is 0 Å². The number of hydroxylamine groups is 2. The molecule has 6 heteroatoms. The van der Waals surface area contributed by atoms with Crippen LogP contribution in [-0.4, -0.2) is 26.1 Å². The molecule has 1 amide bonds. The van der Waals surface area contributed by atoms with Crippen molar-refractivity contribution >= 4 is 16.9 Å². The zero-order valence-electron chi connectivity index (χ0n) is 17.7. The Labute approximate surface area is 181 Å². The maximum Gasteiger partial charge on any atom is 0.243 e. The number of aromatic amines is 1. The highest BCUT2D eigenvalue weighted by atomic mass is 16.5. The third-order valence-electron chi connectivity index (χ3n) is 5.38. The Kier molecular flexibility index (Phi) is 5.73. The van der Waals surface area contributed by atoms with Crippen LogP contribution in [0.3, 0.4) is 0 Å². The van der Waals surface area contributed by atoms with Crippen LogP contribution >= 0.6 is 0 Å². The third-order valence-corrected chi connectivity index (χ3v) is 5.38. The summed E-state index contributed by atoms with van der Waals surface area (Å²) in [4.78, 5) is 19.2. The molecule has 0 spiro atoms. The van der Waals surface area contributed by atoms with Crippen LogP contribution in [0.2, 0.25) is 0 Å². The molecule has 6 nitrogen and oxygen atoms in total. The predicted octanol–water partition coefficient (Wildman–Crippen LogP) is 5.67. The highest BCUT2D eigenvalue weighted by Gasteiger charge is 2.16. The Morgan fingerprint density at radius 2 is 1.58 bits per heavy atom. The van der Waals surface area contributed by atoms with Crippen molar-refractivity contribution in [2.24, 2.45) is 0 Å². The van der Waals surface area contributed by atoms with Crippen molar-refractivity contribution in [1.82, 2.24) is 15.0 Å². The van der Waals surface area contributed by atoms with Gasteiger partial charge in [-0.15, -0.1) is 0 Å². The van der Waals surface area contributed by atoms with E-state index in [4.69, 9.17) is 4.74 Å². The Balaban J connectivity index is 1.44. The van der Waals surface area contributed by atoms with Gasteiger partial charge in [0.2, 0.25) is 5.91 Å². The van der Waals surface area contributed by atoms with Crippen molar-refractivity contribution in [3.63, 3.8) is 0 Å². The largest absolute Gasteiger partial charge is 0.483 e. The Bertz CT molecular complexity index is 1150. The molecule has 0 aliphatic carbocycles. The van der Waals surface area contributed by atoms with Gasteiger partial charge in [-0.2, -0.15) is 0 Å². The Morgan fingerprint density at radius 3 is 2.19 bits per heavy atom. The number of hydrogen-bond donors (Lipinski definition) is 2. The van der Waals surface area contributed by atoms with E-state index in [1.54, 1.807) is 6.92 Å². The minimum atomic E-state index is -0.401. The topological polar surface area (TPSA) is 78.5 Å². The second-order valence-electron chi connectivity index (χ2n) is 7.59. The maximum absolute atomic E-state index is 11.3. The fraction of sp³-hybridized carbons (Fsp3) is 0.200. The van der Waals surface area contributed by atoms with Crippen LogP contribution in [-0.2, 0) is 4.79 Å². The second kappa shape index (κ2) is 8.62. The molecule has 1 heterocycles. The van der Waals surface area contributed by atoms with E-state index >= 15 is 0 Å². The lowest BCUT2D eigenvalue weighted by atomic mass is 10.0. The molecule has 31 heavy (non-hydrogen) atoms. The summed E-state index contributed by atoms with van der Waals surface area (Å²) in [7, 11) is 0. The number of ether oxygens (including phenoxy) is 1. The van der Waals surface area contributed by atoms with Crippen LogP contribution < -0.4 is 4.74 Å². The Morgan fingerprint density at radius 1 is 0.968 bits per heavy atom. The lowest BCUT2D eigenvalue weighted by Crippen LogP contribution is -2.27. The average molecular weight is 415 g/mol. The van der Waals surface area contributed by atoms with Gasteiger partial charge in [-0.25, -0.2) is 10.0 Å². The number of rotatable bonds is 6. The molecule has 2 atom stereocenters. The molecule has 0 saturated heterocycles. The zero-order chi connectivity index (χ0) is 22.0. The van der Waals surface area contributed by atoms with E-state index in [1.807, 2.05) is 79.7 Å². The molecule has 0 radical (unpaired) electrons. The van der Waals surface area contributed by atoms with Gasteiger partial charge in [0, 0.05) is 6.92 Å². The molecular weight excluding hydrogens is 390 g/mol. The number of H-pyrrole nitrogens is 1. The predicted molar refractivity (Wildman–Crippen MR) is 120 cm³/mol. The smallest absolute Gasteiger partial charge is 0.243 e. The first-order valence-electron chi connectivity index (χ1n) is 10.2. The van der Waals surface area contributed by atoms with Crippen LogP contribution in [0.25, 0.3) is 22.2 Å². The molecular formula is C25H25N3O3. The lowest BCUT2D eigenvalue weighted by Gasteiger charge is -2.21. The highest BCUT2D eigenvalue weighted by molar-refractivity contribution is 5.75. The monoisotopic (exact) mass is 415 g/mol. The molecule has 0 saturated carbocycles. The second-order valence-corrected chi connectivity index (χ2v) is 7.59. The summed E-state index contributed by atoms with van der Waals surface area (Å²) in [6.45, 7) is 5.09. The first-order chi connectivity index (χ1) is 14.9. The molecule has 0 bridgehead atoms. The SMILES string of the molecule is CC(=O)N(O)C(C)c1ccc(-c2ccc(OC(C)c3nc4ccccc4[nH]3)cc2)cc1. The van der Waals surface area contributed by atoms with Gasteiger partial charge in [0.25, 0.3) is 0 Å². The number of nitrogens with one attached hydrogen (secondary N) is 1. The van der Waals surface area contributed by atoms with Gasteiger partial charge >= 0.3 is 0 Å². The molecule has 4 rings (SSSR count). The number of carbonyl (C=O) groups is 1. The average Bonchev–Trinajstić information content (AvgIpc) is 3.23. The van der Waals surface area contributed by atoms with E-state index in [2.05, 4.69) is 9.97 Å². The minimum Gasteiger partial charge on any atom is -0.483 e. The lowest BCUT2D eigenvalue weighted by molar-refractivity contribution is -0.172. The van der Waals surface area contributed by atoms with Gasteiger partial charge in [-0.05, 0) is 54.8 Å². The minimum absolute atomic E-state index is 0.207. The Hall–Kier alpha value is -3.64. The van der Waals surface area contributed by atoms with Gasteiger partial charge < -0.3 is 9.72 Å². The number of carbonyl (C=O) groups excluding carboxylic acids is 1. The van der Waals surface area contributed by atoms with Crippen LogP contribution in [0.15, 0.2) is 72.8 Å². The molecule has 1 aromatic heterocycles. The van der Waals surface area contributed by atoms with Crippen LogP contribution in [0.4, 0.5) is 0 Å². The number of para-hydroxylation sites is 2. The number of hydrogen-bond acceptors (Lipinski definition) is 4. The third kappa shape index (κ3) is 4.44. The first-order valence-corrected chi connectivity index (χ1v) is 10.2. The molecule has 0 aliphatic heterocycles. The first kappa shape index (κ1) is 20.6. The fourth-order valence-corrected chi connectivity index (χ4v) is 3.52. The molecule has 158 valence electrons. The zero-order valence-corrected chi connectivity index (χ0v) is 17.7. The van der Waals surface area contributed by atoms with Crippen molar-refractivity contribution in [2.75, 3.05) is 0 Å². The quantitative estimate of drug-likeness (QED) is 0.314. The van der Waals surface area contributed by atoms with Gasteiger partial charge in [-0.1, -0.05) is 48.5 Å². The van der Waals surface area contributed by atoms with E-state index in [1.165, 1.54) is 6.92 Å². The maximum atomic E-state index is 11.3. The van der Waals surface area contributed by atoms with E-state index in [0.29, 0.717) is 0 Å². The van der Waals surface area contributed by atoms with Crippen molar-refractivity contribution in [2.45, 2.75) is 32.9 Å².